The van der Waals surface area contributed by atoms with Gasteiger partial charge in [-0.2, -0.15) is 0 Å². The van der Waals surface area contributed by atoms with Gasteiger partial charge in [-0.05, 0) is 61.8 Å². The van der Waals surface area contributed by atoms with E-state index in [1.54, 1.807) is 0 Å². The fourth-order valence-corrected chi connectivity index (χ4v) is 4.18. The number of rotatable bonds is 6. The lowest BCUT2D eigenvalue weighted by molar-refractivity contribution is 0.160. The predicted octanol–water partition coefficient (Wildman–Crippen LogP) is 4.70. The first kappa shape index (κ1) is 16.4. The van der Waals surface area contributed by atoms with Gasteiger partial charge in [0.25, 0.3) is 0 Å². The highest BCUT2D eigenvalue weighted by atomic mass is 19.1. The molecule has 1 aliphatic carbocycles. The van der Waals surface area contributed by atoms with Crippen LogP contribution in [0.1, 0.15) is 51.5 Å². The Morgan fingerprint density at radius 1 is 1.10 bits per heavy atom. The second kappa shape index (κ2) is 6.87. The highest BCUT2D eigenvalue weighted by molar-refractivity contribution is 5.20. The molecule has 1 N–H and O–H groups in total. The molecule has 118 valence electrons. The second-order valence-corrected chi connectivity index (χ2v) is 6.99. The fraction of sp³-hybridized carbons (Fsp3) is 0.667. The molecular weight excluding hydrogens is 268 g/mol. The standard InChI is InChI=1S/C18H27F2N/c1-13(2)12-18(6-4-5-7-18)17(21-3)10-14-8-15(19)11-16(20)9-14/h8-9,11,13,17,21H,4-7,10,12H2,1-3H3. The van der Waals surface area contributed by atoms with Gasteiger partial charge in [0.1, 0.15) is 11.6 Å². The highest BCUT2D eigenvalue weighted by Crippen LogP contribution is 2.46. The summed E-state index contributed by atoms with van der Waals surface area (Å²) in [6.45, 7) is 4.52. The zero-order chi connectivity index (χ0) is 15.5. The maximum atomic E-state index is 13.4. The smallest absolute Gasteiger partial charge is 0.126 e. The summed E-state index contributed by atoms with van der Waals surface area (Å²) in [5, 5.41) is 3.43. The minimum Gasteiger partial charge on any atom is -0.316 e. The van der Waals surface area contributed by atoms with Crippen molar-refractivity contribution in [1.29, 1.82) is 0 Å². The summed E-state index contributed by atoms with van der Waals surface area (Å²) in [7, 11) is 1.97. The third-order valence-corrected chi connectivity index (χ3v) is 4.86. The molecule has 1 atom stereocenters. The van der Waals surface area contributed by atoms with Crippen molar-refractivity contribution in [1.82, 2.24) is 5.32 Å². The molecule has 1 unspecified atom stereocenters. The summed E-state index contributed by atoms with van der Waals surface area (Å²) in [5.74, 6) is -0.323. The van der Waals surface area contributed by atoms with Crippen LogP contribution >= 0.6 is 0 Å². The van der Waals surface area contributed by atoms with E-state index in [-0.39, 0.29) is 11.5 Å². The van der Waals surface area contributed by atoms with E-state index in [1.165, 1.54) is 44.2 Å². The van der Waals surface area contributed by atoms with Gasteiger partial charge in [-0.1, -0.05) is 26.7 Å². The van der Waals surface area contributed by atoms with Crippen LogP contribution in [0.4, 0.5) is 8.78 Å². The lowest BCUT2D eigenvalue weighted by Gasteiger charge is -2.39. The minimum absolute atomic E-state index is 0.270. The van der Waals surface area contributed by atoms with Crippen molar-refractivity contribution in [3.05, 3.63) is 35.4 Å². The van der Waals surface area contributed by atoms with E-state index in [1.807, 2.05) is 7.05 Å². The van der Waals surface area contributed by atoms with E-state index in [4.69, 9.17) is 0 Å². The van der Waals surface area contributed by atoms with Crippen LogP contribution in [-0.2, 0) is 6.42 Å². The molecule has 1 aliphatic rings. The molecule has 0 saturated heterocycles. The van der Waals surface area contributed by atoms with Crippen LogP contribution in [-0.4, -0.2) is 13.1 Å². The lowest BCUT2D eigenvalue weighted by atomic mass is 9.71. The molecule has 0 bridgehead atoms. The summed E-state index contributed by atoms with van der Waals surface area (Å²) in [6, 6.07) is 4.15. The fourth-order valence-electron chi connectivity index (χ4n) is 4.18. The van der Waals surface area contributed by atoms with E-state index in [2.05, 4.69) is 19.2 Å². The average molecular weight is 295 g/mol. The topological polar surface area (TPSA) is 12.0 Å². The molecule has 1 aromatic carbocycles. The molecule has 1 fully saturated rings. The third-order valence-electron chi connectivity index (χ3n) is 4.86. The molecular formula is C18H27F2N. The van der Waals surface area contributed by atoms with Gasteiger partial charge in [0.05, 0.1) is 0 Å². The van der Waals surface area contributed by atoms with Crippen LogP contribution in [0.25, 0.3) is 0 Å². The number of hydrogen-bond acceptors (Lipinski definition) is 1. The first-order chi connectivity index (χ1) is 9.95. The molecule has 21 heavy (non-hydrogen) atoms. The maximum absolute atomic E-state index is 13.4. The molecule has 0 aliphatic heterocycles. The van der Waals surface area contributed by atoms with Gasteiger partial charge in [-0.25, -0.2) is 8.78 Å². The van der Waals surface area contributed by atoms with Gasteiger partial charge < -0.3 is 5.32 Å². The monoisotopic (exact) mass is 295 g/mol. The maximum Gasteiger partial charge on any atom is 0.126 e. The molecule has 0 radical (unpaired) electrons. The van der Waals surface area contributed by atoms with E-state index < -0.39 is 11.6 Å². The zero-order valence-electron chi connectivity index (χ0n) is 13.4. The minimum atomic E-state index is -0.482. The van der Waals surface area contributed by atoms with Crippen molar-refractivity contribution in [2.45, 2.75) is 58.4 Å². The zero-order valence-corrected chi connectivity index (χ0v) is 13.4. The molecule has 0 aromatic heterocycles. The van der Waals surface area contributed by atoms with Crippen molar-refractivity contribution < 1.29 is 8.78 Å². The van der Waals surface area contributed by atoms with Crippen LogP contribution in [0.3, 0.4) is 0 Å². The molecule has 0 amide bonds. The largest absolute Gasteiger partial charge is 0.316 e. The molecule has 3 heteroatoms. The predicted molar refractivity (Wildman–Crippen MR) is 83.3 cm³/mol. The van der Waals surface area contributed by atoms with Crippen LogP contribution in [0, 0.1) is 23.0 Å². The summed E-state index contributed by atoms with van der Waals surface area (Å²) < 4.78 is 26.8. The van der Waals surface area contributed by atoms with Gasteiger partial charge in [-0.15, -0.1) is 0 Å². The Bertz CT molecular complexity index is 444. The first-order valence-electron chi connectivity index (χ1n) is 8.07. The van der Waals surface area contributed by atoms with Gasteiger partial charge in [-0.3, -0.25) is 0 Å². The van der Waals surface area contributed by atoms with Gasteiger partial charge in [0.2, 0.25) is 0 Å². The Labute approximate surface area is 127 Å². The second-order valence-electron chi connectivity index (χ2n) is 6.99. The van der Waals surface area contributed by atoms with Crippen LogP contribution < -0.4 is 5.32 Å². The van der Waals surface area contributed by atoms with Gasteiger partial charge in [0, 0.05) is 12.1 Å². The number of halogens is 2. The number of nitrogens with one attached hydrogen (secondary N) is 1. The first-order valence-corrected chi connectivity index (χ1v) is 8.07. The lowest BCUT2D eigenvalue weighted by Crippen LogP contribution is -2.44. The van der Waals surface area contributed by atoms with E-state index in [0.717, 1.165) is 11.6 Å². The van der Waals surface area contributed by atoms with Crippen LogP contribution in [0.15, 0.2) is 18.2 Å². The number of hydrogen-bond donors (Lipinski definition) is 1. The summed E-state index contributed by atoms with van der Waals surface area (Å²) in [6.07, 6.45) is 6.84. The molecule has 1 aromatic rings. The van der Waals surface area contributed by atoms with Crippen molar-refractivity contribution >= 4 is 0 Å². The van der Waals surface area contributed by atoms with E-state index in [9.17, 15) is 8.78 Å². The van der Waals surface area contributed by atoms with Crippen LogP contribution in [0.2, 0.25) is 0 Å². The Morgan fingerprint density at radius 3 is 2.14 bits per heavy atom. The van der Waals surface area contributed by atoms with E-state index in [0.29, 0.717) is 12.3 Å². The summed E-state index contributed by atoms with van der Waals surface area (Å²) >= 11 is 0. The average Bonchev–Trinajstić information content (AvgIpc) is 2.83. The van der Waals surface area contributed by atoms with Crippen molar-refractivity contribution in [3.63, 3.8) is 0 Å². The van der Waals surface area contributed by atoms with Gasteiger partial charge >= 0.3 is 0 Å². The normalized spacial score (nSPS) is 19.1. The quantitative estimate of drug-likeness (QED) is 0.802. The highest BCUT2D eigenvalue weighted by Gasteiger charge is 2.40. The van der Waals surface area contributed by atoms with Gasteiger partial charge in [0.15, 0.2) is 0 Å². The van der Waals surface area contributed by atoms with Crippen molar-refractivity contribution in [2.75, 3.05) is 7.05 Å². The molecule has 2 rings (SSSR count). The Kier molecular flexibility index (Phi) is 5.37. The molecule has 1 saturated carbocycles. The molecule has 0 heterocycles. The number of likely N-dealkylation sites (N-methyl/N-ethyl adjacent to an activating group) is 1. The van der Waals surface area contributed by atoms with E-state index >= 15 is 0 Å². The van der Waals surface area contributed by atoms with Crippen LogP contribution in [0.5, 0.6) is 0 Å². The SMILES string of the molecule is CNC(Cc1cc(F)cc(F)c1)C1(CC(C)C)CCCC1. The summed E-state index contributed by atoms with van der Waals surface area (Å²) in [5.41, 5.74) is 1.02. The number of benzene rings is 1. The third kappa shape index (κ3) is 4.03. The molecule has 0 spiro atoms. The Hall–Kier alpha value is -0.960. The Morgan fingerprint density at radius 2 is 1.67 bits per heavy atom. The molecule has 1 nitrogen and oxygen atoms in total. The Balaban J connectivity index is 2.20. The van der Waals surface area contributed by atoms with Crippen molar-refractivity contribution in [3.8, 4) is 0 Å². The summed E-state index contributed by atoms with van der Waals surface area (Å²) in [4.78, 5) is 0. The van der Waals surface area contributed by atoms with Crippen molar-refractivity contribution in [2.24, 2.45) is 11.3 Å².